The largest absolute Gasteiger partial charge is 0.443 e. The highest BCUT2D eigenvalue weighted by atomic mass is 16.8. The second kappa shape index (κ2) is 9.96. The van der Waals surface area contributed by atoms with Crippen LogP contribution in [0.25, 0.3) is 0 Å². The Kier molecular flexibility index (Phi) is 7.65. The first-order valence-corrected chi connectivity index (χ1v) is 14.2. The standard InChI is InChI=1S/C29H46N2O9/c1-9-26(5)16-19(33)29(37)27(6)18(32)10-13-25(3,4)21(27)20(34)22(28(29,7)40-26)38-23(35)30(8)39-24(36)31-14-11-17(2)12-15-31/h9,17-18,20-22,32,34,37H,1,10-16H2,2-8H3/t18-,20-,21-,22-,26-,27-,28+,29-/m0/s1. The number of likely N-dealkylation sites (tertiary alicyclic amines) is 1. The van der Waals surface area contributed by atoms with Crippen molar-refractivity contribution in [1.82, 2.24) is 9.96 Å². The number of piperidine rings is 1. The molecule has 0 unspecified atom stereocenters. The Balaban J connectivity index is 1.71. The van der Waals surface area contributed by atoms with E-state index in [0.717, 1.165) is 12.8 Å². The summed E-state index contributed by atoms with van der Waals surface area (Å²) >= 11 is 0. The maximum atomic E-state index is 14.0. The minimum Gasteiger partial charge on any atom is -0.438 e. The summed E-state index contributed by atoms with van der Waals surface area (Å²) < 4.78 is 12.2. The Hall–Kier alpha value is -2.21. The molecule has 8 atom stereocenters. The molecule has 2 aliphatic heterocycles. The van der Waals surface area contributed by atoms with Gasteiger partial charge in [-0.05, 0) is 50.9 Å². The summed E-state index contributed by atoms with van der Waals surface area (Å²) in [4.78, 5) is 46.8. The molecule has 0 bridgehead atoms. The number of fused-ring (bicyclic) bond motifs is 3. The van der Waals surface area contributed by atoms with Gasteiger partial charge in [-0.3, -0.25) is 4.79 Å². The summed E-state index contributed by atoms with van der Waals surface area (Å²) in [6, 6.07) is 0. The second-order valence-electron chi connectivity index (χ2n) is 13.7. The van der Waals surface area contributed by atoms with Gasteiger partial charge < -0.3 is 34.5 Å². The monoisotopic (exact) mass is 566 g/mol. The predicted molar refractivity (Wildman–Crippen MR) is 144 cm³/mol. The topological polar surface area (TPSA) is 146 Å². The molecule has 4 rings (SSSR count). The van der Waals surface area contributed by atoms with Crippen LogP contribution in [0.1, 0.15) is 73.6 Å². The number of aliphatic hydroxyl groups excluding tert-OH is 2. The molecule has 0 radical (unpaired) electrons. The van der Waals surface area contributed by atoms with Crippen molar-refractivity contribution in [1.29, 1.82) is 0 Å². The number of Topliss-reactive ketones (excluding diaryl/α,β-unsaturated/α-hetero) is 1. The third kappa shape index (κ3) is 4.35. The molecule has 2 amide bonds. The summed E-state index contributed by atoms with van der Waals surface area (Å²) in [5, 5.41) is 36.4. The normalized spacial score (nSPS) is 43.2. The highest BCUT2D eigenvalue weighted by molar-refractivity contribution is 5.92. The molecule has 4 fully saturated rings. The maximum absolute atomic E-state index is 14.0. The summed E-state index contributed by atoms with van der Waals surface area (Å²) in [5.41, 5.74) is -7.76. The van der Waals surface area contributed by atoms with Gasteiger partial charge in [0.1, 0.15) is 5.60 Å². The van der Waals surface area contributed by atoms with Crippen LogP contribution in [0.5, 0.6) is 0 Å². The number of hydrogen-bond donors (Lipinski definition) is 3. The molecule has 4 aliphatic rings. The smallest absolute Gasteiger partial charge is 0.438 e. The lowest BCUT2D eigenvalue weighted by Crippen LogP contribution is -2.86. The number of hydrogen-bond acceptors (Lipinski definition) is 9. The van der Waals surface area contributed by atoms with Crippen molar-refractivity contribution in [3.05, 3.63) is 12.7 Å². The second-order valence-corrected chi connectivity index (χ2v) is 13.7. The molecule has 226 valence electrons. The lowest BCUT2D eigenvalue weighted by molar-refractivity contribution is -0.370. The molecular weight excluding hydrogens is 520 g/mol. The van der Waals surface area contributed by atoms with Crippen LogP contribution < -0.4 is 0 Å². The molecule has 11 heteroatoms. The number of aliphatic hydroxyl groups is 3. The van der Waals surface area contributed by atoms with Gasteiger partial charge in [0.2, 0.25) is 0 Å². The fourth-order valence-electron chi connectivity index (χ4n) is 8.07. The first-order valence-electron chi connectivity index (χ1n) is 14.2. The highest BCUT2D eigenvalue weighted by Crippen LogP contribution is 2.67. The van der Waals surface area contributed by atoms with Gasteiger partial charge in [0.05, 0.1) is 24.9 Å². The number of carbonyl (C=O) groups excluding carboxylic acids is 3. The minimum atomic E-state index is -2.34. The van der Waals surface area contributed by atoms with Gasteiger partial charge in [-0.25, -0.2) is 9.59 Å². The average Bonchev–Trinajstić information content (AvgIpc) is 2.87. The van der Waals surface area contributed by atoms with E-state index in [-0.39, 0.29) is 6.42 Å². The van der Waals surface area contributed by atoms with Crippen molar-refractivity contribution in [3.8, 4) is 0 Å². The van der Waals surface area contributed by atoms with Crippen molar-refractivity contribution >= 4 is 18.0 Å². The van der Waals surface area contributed by atoms with E-state index >= 15 is 0 Å². The molecule has 2 heterocycles. The molecular formula is C29H46N2O9. The number of rotatable bonds is 2. The number of carbonyl (C=O) groups is 3. The predicted octanol–water partition coefficient (Wildman–Crippen LogP) is 2.81. The van der Waals surface area contributed by atoms with Crippen LogP contribution in [0.2, 0.25) is 0 Å². The highest BCUT2D eigenvalue weighted by Gasteiger charge is 2.81. The van der Waals surface area contributed by atoms with E-state index in [1.54, 1.807) is 13.8 Å². The van der Waals surface area contributed by atoms with E-state index in [4.69, 9.17) is 14.3 Å². The van der Waals surface area contributed by atoms with Crippen LogP contribution in [0.3, 0.4) is 0 Å². The molecule has 0 aromatic carbocycles. The molecule has 2 saturated carbocycles. The Labute approximate surface area is 236 Å². The van der Waals surface area contributed by atoms with Crippen LogP contribution >= 0.6 is 0 Å². The van der Waals surface area contributed by atoms with Gasteiger partial charge in [-0.1, -0.05) is 33.8 Å². The quantitative estimate of drug-likeness (QED) is 0.339. The summed E-state index contributed by atoms with van der Waals surface area (Å²) in [6.45, 7) is 15.3. The lowest BCUT2D eigenvalue weighted by atomic mass is 9.40. The van der Waals surface area contributed by atoms with Gasteiger partial charge in [0, 0.05) is 30.8 Å². The Morgan fingerprint density at radius 1 is 1.12 bits per heavy atom. The zero-order valence-corrected chi connectivity index (χ0v) is 24.8. The Morgan fingerprint density at radius 2 is 1.73 bits per heavy atom. The van der Waals surface area contributed by atoms with E-state index in [2.05, 4.69) is 13.5 Å². The van der Waals surface area contributed by atoms with E-state index < -0.39 is 69.8 Å². The number of hydroxylamine groups is 2. The first kappa shape index (κ1) is 30.7. The molecule has 0 aromatic heterocycles. The number of ether oxygens (including phenoxy) is 2. The fraction of sp³-hybridized carbons (Fsp3) is 0.828. The number of amides is 2. The number of ketones is 1. The third-order valence-electron chi connectivity index (χ3n) is 10.5. The molecule has 11 nitrogen and oxygen atoms in total. The van der Waals surface area contributed by atoms with Crippen molar-refractivity contribution < 1.29 is 44.0 Å². The van der Waals surface area contributed by atoms with Crippen LogP contribution in [-0.2, 0) is 19.1 Å². The van der Waals surface area contributed by atoms with E-state index in [1.165, 1.54) is 24.9 Å². The minimum absolute atomic E-state index is 0.221. The SMILES string of the molecule is C=C[C@@]1(C)CC(=O)[C@]2(O)[C@@]3(C)[C@@H](O)CCC(C)(C)[C@@H]3[C@H](O)[C@H](OC(=O)N(C)OC(=O)N3CCC(C)CC3)[C@@]2(C)O1. The summed E-state index contributed by atoms with van der Waals surface area (Å²) in [6.07, 6.45) is -2.29. The molecule has 2 saturated heterocycles. The zero-order chi connectivity index (χ0) is 30.1. The lowest BCUT2D eigenvalue weighted by Gasteiger charge is -2.71. The molecule has 40 heavy (non-hydrogen) atoms. The molecule has 0 spiro atoms. The maximum Gasteiger partial charge on any atom is 0.443 e. The molecule has 0 aromatic rings. The van der Waals surface area contributed by atoms with Gasteiger partial charge in [-0.15, -0.1) is 11.6 Å². The van der Waals surface area contributed by atoms with Crippen molar-refractivity contribution in [2.24, 2.45) is 22.7 Å². The van der Waals surface area contributed by atoms with E-state index in [0.29, 0.717) is 36.9 Å². The van der Waals surface area contributed by atoms with Crippen molar-refractivity contribution in [2.45, 2.75) is 109 Å². The molecule has 3 N–H and O–H groups in total. The summed E-state index contributed by atoms with van der Waals surface area (Å²) in [7, 11) is 1.22. The van der Waals surface area contributed by atoms with E-state index in [1.807, 2.05) is 13.8 Å². The Morgan fingerprint density at radius 3 is 2.30 bits per heavy atom. The van der Waals surface area contributed by atoms with Crippen LogP contribution in [0.4, 0.5) is 9.59 Å². The third-order valence-corrected chi connectivity index (χ3v) is 10.5. The van der Waals surface area contributed by atoms with E-state index in [9.17, 15) is 29.7 Å². The fourth-order valence-corrected chi connectivity index (χ4v) is 8.07. The first-order chi connectivity index (χ1) is 18.4. The van der Waals surface area contributed by atoms with Crippen molar-refractivity contribution in [3.63, 3.8) is 0 Å². The van der Waals surface area contributed by atoms with Crippen molar-refractivity contribution in [2.75, 3.05) is 20.1 Å². The summed E-state index contributed by atoms with van der Waals surface area (Å²) in [5.74, 6) is -0.963. The van der Waals surface area contributed by atoms with Crippen LogP contribution in [0.15, 0.2) is 12.7 Å². The van der Waals surface area contributed by atoms with Gasteiger partial charge in [-0.2, -0.15) is 0 Å². The van der Waals surface area contributed by atoms with Gasteiger partial charge in [0.15, 0.2) is 17.5 Å². The Bertz CT molecular complexity index is 1060. The van der Waals surface area contributed by atoms with Crippen LogP contribution in [-0.4, -0.2) is 98.5 Å². The van der Waals surface area contributed by atoms with Gasteiger partial charge >= 0.3 is 12.2 Å². The zero-order valence-electron chi connectivity index (χ0n) is 24.8. The number of nitrogens with zero attached hydrogens (tertiary/aromatic N) is 2. The average molecular weight is 567 g/mol. The molecule has 2 aliphatic carbocycles. The van der Waals surface area contributed by atoms with Gasteiger partial charge in [0.25, 0.3) is 0 Å². The van der Waals surface area contributed by atoms with Crippen LogP contribution in [0, 0.1) is 22.7 Å².